The van der Waals surface area contributed by atoms with Crippen molar-refractivity contribution in [2.24, 2.45) is 0 Å². The Morgan fingerprint density at radius 3 is 2.95 bits per heavy atom. The summed E-state index contributed by atoms with van der Waals surface area (Å²) in [5.41, 5.74) is 1.09. The van der Waals surface area contributed by atoms with Crippen LogP contribution in [0.4, 0.5) is 0 Å². The van der Waals surface area contributed by atoms with E-state index in [1.165, 1.54) is 4.88 Å². The highest BCUT2D eigenvalue weighted by Crippen LogP contribution is 2.38. The summed E-state index contributed by atoms with van der Waals surface area (Å²) < 4.78 is 11.4. The lowest BCUT2D eigenvalue weighted by Crippen LogP contribution is -2.17. The molecule has 0 spiro atoms. The molecule has 0 fully saturated rings. The summed E-state index contributed by atoms with van der Waals surface area (Å²) in [4.78, 5) is 5.53. The normalized spacial score (nSPS) is 15.4. The molecule has 0 radical (unpaired) electrons. The molecule has 0 aliphatic carbocycles. The number of aromatic nitrogens is 1. The van der Waals surface area contributed by atoms with Crippen molar-refractivity contribution in [3.8, 4) is 11.5 Å². The van der Waals surface area contributed by atoms with Gasteiger partial charge in [-0.3, -0.25) is 0 Å². The van der Waals surface area contributed by atoms with E-state index < -0.39 is 0 Å². The highest BCUT2D eigenvalue weighted by atomic mass is 35.5. The van der Waals surface area contributed by atoms with Crippen molar-refractivity contribution >= 4 is 22.9 Å². The minimum absolute atomic E-state index is 0.251. The number of ether oxygens (including phenoxy) is 2. The first-order valence-corrected chi connectivity index (χ1v) is 8.56. The Morgan fingerprint density at radius 2 is 2.18 bits per heavy atom. The zero-order valence-corrected chi connectivity index (χ0v) is 14.3. The molecule has 6 heteroatoms. The van der Waals surface area contributed by atoms with Gasteiger partial charge in [-0.15, -0.1) is 11.3 Å². The maximum Gasteiger partial charge on any atom is 0.179 e. The van der Waals surface area contributed by atoms with Crippen molar-refractivity contribution in [1.29, 1.82) is 0 Å². The number of benzene rings is 1. The molecule has 0 amide bonds. The Balaban J connectivity index is 1.70. The Kier molecular flexibility index (Phi) is 4.86. The fourth-order valence-corrected chi connectivity index (χ4v) is 3.44. The molecule has 118 valence electrons. The second-order valence-corrected chi connectivity index (χ2v) is 7.01. The van der Waals surface area contributed by atoms with Crippen LogP contribution in [0.1, 0.15) is 34.8 Å². The molecule has 1 atom stereocenters. The molecule has 0 bridgehead atoms. The van der Waals surface area contributed by atoms with Crippen LogP contribution in [0.5, 0.6) is 11.5 Å². The van der Waals surface area contributed by atoms with Crippen molar-refractivity contribution in [3.05, 3.63) is 38.8 Å². The highest BCUT2D eigenvalue weighted by molar-refractivity contribution is 7.11. The largest absolute Gasteiger partial charge is 0.489 e. The average Bonchev–Trinajstić information content (AvgIpc) is 2.79. The lowest BCUT2D eigenvalue weighted by Gasteiger charge is -2.14. The van der Waals surface area contributed by atoms with E-state index in [1.54, 1.807) is 11.3 Å². The Bertz CT molecular complexity index is 660. The smallest absolute Gasteiger partial charge is 0.179 e. The van der Waals surface area contributed by atoms with Crippen LogP contribution in [-0.2, 0) is 6.54 Å². The van der Waals surface area contributed by atoms with Gasteiger partial charge in [0.1, 0.15) is 0 Å². The molecule has 0 unspecified atom stereocenters. The lowest BCUT2D eigenvalue weighted by molar-refractivity contribution is 0.297. The van der Waals surface area contributed by atoms with Gasteiger partial charge in [-0.25, -0.2) is 4.98 Å². The Labute approximate surface area is 139 Å². The van der Waals surface area contributed by atoms with Crippen LogP contribution in [0.3, 0.4) is 0 Å². The van der Waals surface area contributed by atoms with Gasteiger partial charge >= 0.3 is 0 Å². The number of hydrogen-bond acceptors (Lipinski definition) is 5. The van der Waals surface area contributed by atoms with E-state index in [4.69, 9.17) is 21.1 Å². The van der Waals surface area contributed by atoms with Crippen LogP contribution in [0, 0.1) is 6.92 Å². The van der Waals surface area contributed by atoms with Crippen molar-refractivity contribution in [2.45, 2.75) is 32.9 Å². The van der Waals surface area contributed by atoms with Gasteiger partial charge < -0.3 is 14.8 Å². The molecule has 2 aromatic rings. The first kappa shape index (κ1) is 15.6. The maximum absolute atomic E-state index is 6.31. The number of halogens is 1. The van der Waals surface area contributed by atoms with E-state index >= 15 is 0 Å². The fourth-order valence-electron chi connectivity index (χ4n) is 2.34. The molecule has 0 saturated heterocycles. The number of hydrogen-bond donors (Lipinski definition) is 1. The van der Waals surface area contributed by atoms with Gasteiger partial charge in [0.05, 0.1) is 23.2 Å². The molecule has 1 aliphatic rings. The summed E-state index contributed by atoms with van der Waals surface area (Å²) in [6, 6.07) is 4.19. The number of rotatable bonds is 4. The van der Waals surface area contributed by atoms with Gasteiger partial charge in [0.2, 0.25) is 0 Å². The molecule has 4 nitrogen and oxygen atoms in total. The molecule has 3 rings (SSSR count). The number of fused-ring (bicyclic) bond motifs is 1. The summed E-state index contributed by atoms with van der Waals surface area (Å²) in [6.45, 7) is 6.18. The number of nitrogens with one attached hydrogen (secondary N) is 1. The second-order valence-electron chi connectivity index (χ2n) is 5.34. The van der Waals surface area contributed by atoms with E-state index in [0.717, 1.165) is 22.7 Å². The summed E-state index contributed by atoms with van der Waals surface area (Å²) >= 11 is 8.03. The predicted octanol–water partition coefficient (Wildman–Crippen LogP) is 4.12. The van der Waals surface area contributed by atoms with Crippen LogP contribution in [0.25, 0.3) is 0 Å². The molecule has 0 saturated carbocycles. The summed E-state index contributed by atoms with van der Waals surface area (Å²) in [6.07, 6.45) is 2.80. The Morgan fingerprint density at radius 1 is 1.36 bits per heavy atom. The number of aryl methyl sites for hydroxylation is 1. The molecule has 22 heavy (non-hydrogen) atoms. The third kappa shape index (κ3) is 3.54. The molecule has 2 heterocycles. The SMILES string of the molecule is Cc1ncc([C@@H](C)NCc2cc(Cl)c3c(c2)OCCCO3)s1. The van der Waals surface area contributed by atoms with Crippen LogP contribution in [0.15, 0.2) is 18.3 Å². The number of thiazole rings is 1. The fraction of sp³-hybridized carbons (Fsp3) is 0.438. The lowest BCUT2D eigenvalue weighted by atomic mass is 10.2. The first-order valence-electron chi connectivity index (χ1n) is 7.37. The van der Waals surface area contributed by atoms with Crippen LogP contribution in [0.2, 0.25) is 5.02 Å². The zero-order chi connectivity index (χ0) is 15.5. The standard InChI is InChI=1S/C16H19ClN2O2S/c1-10(15-9-19-11(2)22-15)18-8-12-6-13(17)16-14(7-12)20-4-3-5-21-16/h6-7,9-10,18H,3-5,8H2,1-2H3/t10-/m1/s1. The van der Waals surface area contributed by atoms with E-state index in [1.807, 2.05) is 25.3 Å². The van der Waals surface area contributed by atoms with Crippen molar-refractivity contribution in [2.75, 3.05) is 13.2 Å². The quantitative estimate of drug-likeness (QED) is 0.910. The van der Waals surface area contributed by atoms with E-state index in [2.05, 4.69) is 17.2 Å². The molecule has 1 aromatic heterocycles. The zero-order valence-electron chi connectivity index (χ0n) is 12.7. The topological polar surface area (TPSA) is 43.4 Å². The van der Waals surface area contributed by atoms with E-state index in [9.17, 15) is 0 Å². The van der Waals surface area contributed by atoms with Gasteiger partial charge in [-0.2, -0.15) is 0 Å². The van der Waals surface area contributed by atoms with Gasteiger partial charge in [-0.05, 0) is 31.5 Å². The third-order valence-corrected chi connectivity index (χ3v) is 4.92. The van der Waals surface area contributed by atoms with Crippen molar-refractivity contribution < 1.29 is 9.47 Å². The van der Waals surface area contributed by atoms with Crippen molar-refractivity contribution in [3.63, 3.8) is 0 Å². The summed E-state index contributed by atoms with van der Waals surface area (Å²) in [7, 11) is 0. The molecule has 1 aromatic carbocycles. The Hall–Kier alpha value is -1.30. The van der Waals surface area contributed by atoms with Crippen LogP contribution in [-0.4, -0.2) is 18.2 Å². The molecule has 1 N–H and O–H groups in total. The average molecular weight is 339 g/mol. The predicted molar refractivity (Wildman–Crippen MR) is 89.2 cm³/mol. The highest BCUT2D eigenvalue weighted by Gasteiger charge is 2.16. The van der Waals surface area contributed by atoms with Gasteiger partial charge in [-0.1, -0.05) is 11.6 Å². The minimum atomic E-state index is 0.251. The first-order chi connectivity index (χ1) is 10.6. The van der Waals surface area contributed by atoms with Crippen molar-refractivity contribution in [1.82, 2.24) is 10.3 Å². The minimum Gasteiger partial charge on any atom is -0.489 e. The molecular weight excluding hydrogens is 320 g/mol. The summed E-state index contributed by atoms with van der Waals surface area (Å²) in [5.74, 6) is 1.40. The van der Waals surface area contributed by atoms with E-state index in [-0.39, 0.29) is 6.04 Å². The van der Waals surface area contributed by atoms with Gasteiger partial charge in [0.15, 0.2) is 11.5 Å². The van der Waals surface area contributed by atoms with Crippen LogP contribution < -0.4 is 14.8 Å². The third-order valence-electron chi connectivity index (χ3n) is 3.54. The van der Waals surface area contributed by atoms with Crippen LogP contribution >= 0.6 is 22.9 Å². The number of nitrogens with zero attached hydrogens (tertiary/aromatic N) is 1. The summed E-state index contributed by atoms with van der Waals surface area (Å²) in [5, 5.41) is 5.19. The molecular formula is C16H19ClN2O2S. The van der Waals surface area contributed by atoms with Gasteiger partial charge in [0.25, 0.3) is 0 Å². The molecule has 1 aliphatic heterocycles. The second kappa shape index (κ2) is 6.86. The maximum atomic E-state index is 6.31. The van der Waals surface area contributed by atoms with Gasteiger partial charge in [0, 0.05) is 30.1 Å². The monoisotopic (exact) mass is 338 g/mol. The van der Waals surface area contributed by atoms with E-state index in [0.29, 0.717) is 30.5 Å².